The molecule has 3 rings (SSSR count). The zero-order valence-corrected chi connectivity index (χ0v) is 12.6. The average molecular weight is 313 g/mol. The second-order valence-electron chi connectivity index (χ2n) is 5.40. The molecule has 0 spiro atoms. The number of hydrogen-bond acceptors (Lipinski definition) is 3. The van der Waals surface area contributed by atoms with Crippen LogP contribution in [0.25, 0.3) is 10.9 Å². The number of nitrogens with one attached hydrogen (secondary N) is 2. The van der Waals surface area contributed by atoms with Crippen LogP contribution in [0.3, 0.4) is 0 Å². The fourth-order valence-corrected chi connectivity index (χ4v) is 4.78. The van der Waals surface area contributed by atoms with Crippen LogP contribution in [0, 0.1) is 5.92 Å². The number of hydrogen-bond donors (Lipinski definition) is 2. The number of sulfone groups is 1. The van der Waals surface area contributed by atoms with Crippen LogP contribution in [0.2, 0.25) is 5.02 Å². The molecule has 1 aromatic carbocycles. The van der Waals surface area contributed by atoms with Gasteiger partial charge in [-0.15, -0.1) is 0 Å². The van der Waals surface area contributed by atoms with E-state index in [2.05, 4.69) is 10.3 Å². The van der Waals surface area contributed by atoms with Gasteiger partial charge in [0, 0.05) is 28.7 Å². The minimum absolute atomic E-state index is 0.250. The maximum atomic E-state index is 11.4. The number of rotatable bonds is 4. The Bertz CT molecular complexity index is 724. The first-order valence-corrected chi connectivity index (χ1v) is 8.90. The molecular formula is C14H17ClN2O2S. The molecule has 1 saturated heterocycles. The van der Waals surface area contributed by atoms with Crippen molar-refractivity contribution in [2.24, 2.45) is 5.92 Å². The van der Waals surface area contributed by atoms with Crippen LogP contribution in [0.1, 0.15) is 12.0 Å². The maximum absolute atomic E-state index is 11.4. The van der Waals surface area contributed by atoms with Gasteiger partial charge in [0.05, 0.1) is 11.5 Å². The second kappa shape index (κ2) is 5.39. The minimum atomic E-state index is -2.78. The average Bonchev–Trinajstić information content (AvgIpc) is 2.93. The van der Waals surface area contributed by atoms with Gasteiger partial charge in [-0.2, -0.15) is 0 Å². The molecule has 1 aromatic heterocycles. The van der Waals surface area contributed by atoms with Crippen molar-refractivity contribution in [2.75, 3.05) is 18.1 Å². The third-order valence-corrected chi connectivity index (χ3v) is 5.88. The summed E-state index contributed by atoms with van der Waals surface area (Å²) in [6.07, 6.45) is 2.75. The zero-order chi connectivity index (χ0) is 14.2. The van der Waals surface area contributed by atoms with Crippen LogP contribution in [0.4, 0.5) is 0 Å². The number of H-pyrrole nitrogens is 1. The number of halogens is 1. The number of aromatic nitrogens is 1. The Morgan fingerprint density at radius 2 is 2.25 bits per heavy atom. The highest BCUT2D eigenvalue weighted by Crippen LogP contribution is 2.22. The lowest BCUT2D eigenvalue weighted by molar-refractivity contribution is 0.521. The van der Waals surface area contributed by atoms with E-state index in [4.69, 9.17) is 11.6 Å². The molecule has 0 bridgehead atoms. The first-order chi connectivity index (χ1) is 9.53. The van der Waals surface area contributed by atoms with Crippen LogP contribution in [-0.2, 0) is 16.4 Å². The van der Waals surface area contributed by atoms with Gasteiger partial charge in [-0.1, -0.05) is 17.7 Å². The van der Waals surface area contributed by atoms with Gasteiger partial charge < -0.3 is 10.3 Å². The third-order valence-electron chi connectivity index (χ3n) is 3.80. The molecule has 6 heteroatoms. The van der Waals surface area contributed by atoms with E-state index in [0.717, 1.165) is 35.4 Å². The van der Waals surface area contributed by atoms with Crippen LogP contribution in [-0.4, -0.2) is 31.5 Å². The molecular weight excluding hydrogens is 296 g/mol. The maximum Gasteiger partial charge on any atom is 0.150 e. The lowest BCUT2D eigenvalue weighted by Crippen LogP contribution is -2.23. The van der Waals surface area contributed by atoms with E-state index in [1.165, 1.54) is 5.56 Å². The normalized spacial score (nSPS) is 21.6. The van der Waals surface area contributed by atoms with Crippen molar-refractivity contribution in [1.82, 2.24) is 10.3 Å². The predicted octanol–water partition coefficient (Wildman–Crippen LogP) is 2.35. The van der Waals surface area contributed by atoms with Crippen LogP contribution >= 0.6 is 11.6 Å². The van der Waals surface area contributed by atoms with Crippen molar-refractivity contribution < 1.29 is 8.42 Å². The van der Waals surface area contributed by atoms with Crippen molar-refractivity contribution >= 4 is 32.3 Å². The van der Waals surface area contributed by atoms with Gasteiger partial charge in [-0.3, -0.25) is 0 Å². The minimum Gasteiger partial charge on any atom is -0.361 e. The van der Waals surface area contributed by atoms with E-state index in [9.17, 15) is 8.42 Å². The highest BCUT2D eigenvalue weighted by molar-refractivity contribution is 7.91. The van der Waals surface area contributed by atoms with Gasteiger partial charge in [-0.05, 0) is 36.6 Å². The van der Waals surface area contributed by atoms with Crippen LogP contribution in [0.15, 0.2) is 24.4 Å². The Balaban J connectivity index is 1.60. The Morgan fingerprint density at radius 3 is 3.00 bits per heavy atom. The van der Waals surface area contributed by atoms with Crippen molar-refractivity contribution in [1.29, 1.82) is 0 Å². The monoisotopic (exact) mass is 312 g/mol. The van der Waals surface area contributed by atoms with Crippen molar-refractivity contribution in [2.45, 2.75) is 13.0 Å². The Kier molecular flexibility index (Phi) is 3.75. The van der Waals surface area contributed by atoms with Crippen LogP contribution in [0.5, 0.6) is 0 Å². The van der Waals surface area contributed by atoms with E-state index in [-0.39, 0.29) is 5.92 Å². The molecule has 1 aliphatic heterocycles. The molecule has 0 aliphatic carbocycles. The summed E-state index contributed by atoms with van der Waals surface area (Å²) < 4.78 is 22.8. The predicted molar refractivity (Wildman–Crippen MR) is 81.8 cm³/mol. The van der Waals surface area contributed by atoms with E-state index in [1.54, 1.807) is 0 Å². The van der Waals surface area contributed by atoms with Gasteiger partial charge in [-0.25, -0.2) is 8.42 Å². The second-order valence-corrected chi connectivity index (χ2v) is 8.07. The van der Waals surface area contributed by atoms with Crippen molar-refractivity contribution in [3.63, 3.8) is 0 Å². The molecule has 2 aromatic rings. The number of fused-ring (bicyclic) bond motifs is 1. The lowest BCUT2D eigenvalue weighted by Gasteiger charge is -2.08. The summed E-state index contributed by atoms with van der Waals surface area (Å²) in [6, 6.07) is 5.79. The highest BCUT2D eigenvalue weighted by atomic mass is 35.5. The van der Waals surface area contributed by atoms with Gasteiger partial charge >= 0.3 is 0 Å². The molecule has 20 heavy (non-hydrogen) atoms. The molecule has 108 valence electrons. The molecule has 1 atom stereocenters. The number of aromatic amines is 1. The van der Waals surface area contributed by atoms with Crippen molar-refractivity contribution in [3.8, 4) is 0 Å². The van der Waals surface area contributed by atoms with E-state index >= 15 is 0 Å². The first kappa shape index (κ1) is 13.9. The van der Waals surface area contributed by atoms with Gasteiger partial charge in [0.15, 0.2) is 9.84 Å². The van der Waals surface area contributed by atoms with Crippen molar-refractivity contribution in [3.05, 3.63) is 35.0 Å². The molecule has 4 nitrogen and oxygen atoms in total. The zero-order valence-electron chi connectivity index (χ0n) is 11.0. The van der Waals surface area contributed by atoms with Gasteiger partial charge in [0.2, 0.25) is 0 Å². The Morgan fingerprint density at radius 1 is 1.40 bits per heavy atom. The summed E-state index contributed by atoms with van der Waals surface area (Å²) in [6.45, 7) is 1.48. The molecule has 1 fully saturated rings. The smallest absolute Gasteiger partial charge is 0.150 e. The molecule has 2 N–H and O–H groups in total. The van der Waals surface area contributed by atoms with Crippen LogP contribution < -0.4 is 5.32 Å². The lowest BCUT2D eigenvalue weighted by atomic mass is 10.1. The summed E-state index contributed by atoms with van der Waals surface area (Å²) in [5, 5.41) is 5.23. The van der Waals surface area contributed by atoms with Gasteiger partial charge in [0.25, 0.3) is 0 Å². The van der Waals surface area contributed by atoms with E-state index < -0.39 is 9.84 Å². The summed E-state index contributed by atoms with van der Waals surface area (Å²) in [4.78, 5) is 3.20. The third kappa shape index (κ3) is 3.00. The standard InChI is InChI=1S/C14H17ClN2O2S/c15-12-1-2-13-11(8-17-14(13)5-12)7-16-6-10-3-4-20(18,19)9-10/h1-2,5,8,10,16-17H,3-4,6-7,9H2. The van der Waals surface area contributed by atoms with E-state index in [1.807, 2.05) is 24.4 Å². The van der Waals surface area contributed by atoms with Gasteiger partial charge in [0.1, 0.15) is 0 Å². The summed E-state index contributed by atoms with van der Waals surface area (Å²) in [5.74, 6) is 0.911. The molecule has 1 aliphatic rings. The summed E-state index contributed by atoms with van der Waals surface area (Å²) >= 11 is 5.95. The number of benzene rings is 1. The Labute approximate surface area is 123 Å². The summed E-state index contributed by atoms with van der Waals surface area (Å²) in [5.41, 5.74) is 2.20. The summed E-state index contributed by atoms with van der Waals surface area (Å²) in [7, 11) is -2.78. The molecule has 2 heterocycles. The largest absolute Gasteiger partial charge is 0.361 e. The topological polar surface area (TPSA) is 62.0 Å². The van der Waals surface area contributed by atoms with E-state index in [0.29, 0.717) is 11.5 Å². The quantitative estimate of drug-likeness (QED) is 0.911. The Hall–Kier alpha value is -1.04. The molecule has 0 amide bonds. The molecule has 0 saturated carbocycles. The first-order valence-electron chi connectivity index (χ1n) is 6.70. The SMILES string of the molecule is O=S1(=O)CCC(CNCc2c[nH]c3cc(Cl)ccc23)C1. The molecule has 0 radical (unpaired) electrons. The fourth-order valence-electron chi connectivity index (χ4n) is 2.75. The molecule has 1 unspecified atom stereocenters. The fraction of sp³-hybridized carbons (Fsp3) is 0.429. The highest BCUT2D eigenvalue weighted by Gasteiger charge is 2.27.